The normalized spacial score (nSPS) is 20.6. The van der Waals surface area contributed by atoms with E-state index in [2.05, 4.69) is 20.8 Å². The van der Waals surface area contributed by atoms with E-state index in [0.717, 1.165) is 16.9 Å². The summed E-state index contributed by atoms with van der Waals surface area (Å²) >= 11 is 0. The summed E-state index contributed by atoms with van der Waals surface area (Å²) in [6.45, 7) is 8.33. The van der Waals surface area contributed by atoms with Gasteiger partial charge < -0.3 is 14.6 Å². The maximum Gasteiger partial charge on any atom is 0.300 e. The lowest BCUT2D eigenvalue weighted by Gasteiger charge is -2.27. The van der Waals surface area contributed by atoms with E-state index < -0.39 is 17.7 Å². The van der Waals surface area contributed by atoms with Crippen LogP contribution in [0.1, 0.15) is 56.0 Å². The Morgan fingerprint density at radius 3 is 2.41 bits per heavy atom. The number of ketones is 1. The summed E-state index contributed by atoms with van der Waals surface area (Å²) in [7, 11) is 1.55. The van der Waals surface area contributed by atoms with Crippen LogP contribution in [0.5, 0.6) is 11.5 Å². The molecule has 1 amide bonds. The Labute approximate surface area is 217 Å². The second-order valence-electron chi connectivity index (χ2n) is 10.7. The molecule has 1 saturated heterocycles. The van der Waals surface area contributed by atoms with Gasteiger partial charge in [-0.25, -0.2) is 0 Å². The number of rotatable bonds is 4. The van der Waals surface area contributed by atoms with E-state index in [1.807, 2.05) is 55.5 Å². The number of nitrogens with zero attached hydrogens (tertiary/aromatic N) is 1. The summed E-state index contributed by atoms with van der Waals surface area (Å²) in [5.41, 5.74) is 3.68. The topological polar surface area (TPSA) is 76.1 Å². The number of hydrogen-bond donors (Lipinski definition) is 1. The molecule has 2 unspecified atom stereocenters. The molecule has 37 heavy (non-hydrogen) atoms. The molecule has 0 bridgehead atoms. The van der Waals surface area contributed by atoms with E-state index in [0.29, 0.717) is 29.0 Å². The second-order valence-corrected chi connectivity index (χ2v) is 10.7. The number of carbonyl (C=O) groups is 2. The Kier molecular flexibility index (Phi) is 6.06. The average molecular weight is 498 g/mol. The van der Waals surface area contributed by atoms with Crippen LogP contribution in [0.3, 0.4) is 0 Å². The second kappa shape index (κ2) is 9.11. The van der Waals surface area contributed by atoms with Crippen LogP contribution in [0.2, 0.25) is 0 Å². The van der Waals surface area contributed by atoms with Gasteiger partial charge in [0.2, 0.25) is 0 Å². The van der Waals surface area contributed by atoms with Crippen molar-refractivity contribution >= 4 is 23.1 Å². The number of carbonyl (C=O) groups excluding carboxylic acids is 2. The standard InChI is InChI=1S/C31H31NO5/c1-18-16-20-17-19(10-15-24(20)37-18)28(33)26-27(23-8-6-7-9-25(23)36-5)32(30(35)29(26)34)22-13-11-21(12-14-22)31(2,3)4/h6-15,17-18,27,33H,16H2,1-5H3/b28-26+. The van der Waals surface area contributed by atoms with Crippen LogP contribution in [-0.4, -0.2) is 30.0 Å². The third-order valence-electron chi connectivity index (χ3n) is 7.06. The van der Waals surface area contributed by atoms with Gasteiger partial charge in [0.15, 0.2) is 0 Å². The molecule has 3 aromatic carbocycles. The van der Waals surface area contributed by atoms with Gasteiger partial charge in [-0.15, -0.1) is 0 Å². The number of benzene rings is 3. The Hall–Kier alpha value is -4.06. The Balaban J connectivity index is 1.69. The van der Waals surface area contributed by atoms with Crippen molar-refractivity contribution in [1.82, 2.24) is 0 Å². The van der Waals surface area contributed by atoms with Gasteiger partial charge in [0.25, 0.3) is 11.7 Å². The molecule has 2 heterocycles. The number of para-hydroxylation sites is 1. The van der Waals surface area contributed by atoms with E-state index >= 15 is 0 Å². The minimum absolute atomic E-state index is 0.0290. The molecule has 5 rings (SSSR count). The number of hydrogen-bond acceptors (Lipinski definition) is 5. The zero-order valence-electron chi connectivity index (χ0n) is 21.7. The molecule has 2 aliphatic rings. The molecule has 6 heteroatoms. The molecule has 1 N–H and O–H groups in total. The van der Waals surface area contributed by atoms with Gasteiger partial charge >= 0.3 is 0 Å². The van der Waals surface area contributed by atoms with E-state index in [9.17, 15) is 14.7 Å². The lowest BCUT2D eigenvalue weighted by Crippen LogP contribution is -2.29. The zero-order chi connectivity index (χ0) is 26.5. The van der Waals surface area contributed by atoms with Crippen molar-refractivity contribution in [3.63, 3.8) is 0 Å². The SMILES string of the molecule is COc1ccccc1C1/C(=C(\O)c2ccc3c(c2)CC(C)O3)C(=O)C(=O)N1c1ccc(C(C)(C)C)cc1. The van der Waals surface area contributed by atoms with Crippen molar-refractivity contribution in [2.24, 2.45) is 0 Å². The predicted octanol–water partition coefficient (Wildman–Crippen LogP) is 5.94. The van der Waals surface area contributed by atoms with Crippen molar-refractivity contribution in [3.05, 3.63) is 94.6 Å². The highest BCUT2D eigenvalue weighted by Crippen LogP contribution is 2.45. The summed E-state index contributed by atoms with van der Waals surface area (Å²) in [6, 6.07) is 19.4. The van der Waals surface area contributed by atoms with Crippen molar-refractivity contribution in [1.29, 1.82) is 0 Å². The number of aliphatic hydroxyl groups is 1. The first-order valence-corrected chi connectivity index (χ1v) is 12.4. The quantitative estimate of drug-likeness (QED) is 0.274. The monoisotopic (exact) mass is 497 g/mol. The number of fused-ring (bicyclic) bond motifs is 1. The van der Waals surface area contributed by atoms with Crippen LogP contribution >= 0.6 is 0 Å². The minimum atomic E-state index is -0.861. The van der Waals surface area contributed by atoms with Crippen molar-refractivity contribution in [2.45, 2.75) is 51.7 Å². The molecule has 1 fully saturated rings. The van der Waals surface area contributed by atoms with Gasteiger partial charge in [-0.2, -0.15) is 0 Å². The maximum atomic E-state index is 13.5. The van der Waals surface area contributed by atoms with Crippen molar-refractivity contribution in [3.8, 4) is 11.5 Å². The van der Waals surface area contributed by atoms with E-state index in [4.69, 9.17) is 9.47 Å². The third kappa shape index (κ3) is 4.26. The average Bonchev–Trinajstić information content (AvgIpc) is 3.38. The number of amides is 1. The van der Waals surface area contributed by atoms with E-state index in [1.54, 1.807) is 25.3 Å². The lowest BCUT2D eigenvalue weighted by atomic mass is 9.87. The smallest absolute Gasteiger partial charge is 0.300 e. The fourth-order valence-electron chi connectivity index (χ4n) is 5.13. The van der Waals surface area contributed by atoms with Gasteiger partial charge in [0.1, 0.15) is 23.4 Å². The number of anilines is 1. The van der Waals surface area contributed by atoms with E-state index in [1.165, 1.54) is 4.90 Å². The molecule has 0 aliphatic carbocycles. The molecule has 2 aliphatic heterocycles. The van der Waals surface area contributed by atoms with Crippen molar-refractivity contribution in [2.75, 3.05) is 12.0 Å². The first kappa shape index (κ1) is 24.6. The van der Waals surface area contributed by atoms with Crippen molar-refractivity contribution < 1.29 is 24.2 Å². The molecule has 0 aromatic heterocycles. The highest BCUT2D eigenvalue weighted by molar-refractivity contribution is 6.51. The molecule has 0 saturated carbocycles. The van der Waals surface area contributed by atoms with E-state index in [-0.39, 0.29) is 22.9 Å². The van der Waals surface area contributed by atoms with Crippen LogP contribution in [0, 0.1) is 0 Å². The first-order valence-electron chi connectivity index (χ1n) is 12.4. The Bertz CT molecular complexity index is 1410. The summed E-state index contributed by atoms with van der Waals surface area (Å²) in [5.74, 6) is -0.361. The maximum absolute atomic E-state index is 13.5. The number of aliphatic hydroxyl groups excluding tert-OH is 1. The van der Waals surface area contributed by atoms with Crippen LogP contribution in [-0.2, 0) is 21.4 Å². The summed E-state index contributed by atoms with van der Waals surface area (Å²) in [4.78, 5) is 28.5. The molecule has 6 nitrogen and oxygen atoms in total. The van der Waals surface area contributed by atoms with Gasteiger partial charge in [-0.1, -0.05) is 51.1 Å². The molecule has 0 spiro atoms. The molecule has 0 radical (unpaired) electrons. The highest BCUT2D eigenvalue weighted by Gasteiger charge is 2.48. The Morgan fingerprint density at radius 1 is 1.03 bits per heavy atom. The van der Waals surface area contributed by atoms with Gasteiger partial charge in [-0.05, 0) is 59.9 Å². The lowest BCUT2D eigenvalue weighted by molar-refractivity contribution is -0.132. The number of ether oxygens (including phenoxy) is 2. The highest BCUT2D eigenvalue weighted by atomic mass is 16.5. The number of methoxy groups -OCH3 is 1. The summed E-state index contributed by atoms with van der Waals surface area (Å²) in [5, 5.41) is 11.5. The van der Waals surface area contributed by atoms with Gasteiger partial charge in [-0.3, -0.25) is 14.5 Å². The van der Waals surface area contributed by atoms with Crippen LogP contribution in [0.15, 0.2) is 72.3 Å². The third-order valence-corrected chi connectivity index (χ3v) is 7.06. The van der Waals surface area contributed by atoms with Gasteiger partial charge in [0, 0.05) is 23.2 Å². The fourth-order valence-corrected chi connectivity index (χ4v) is 5.13. The molecule has 3 aromatic rings. The summed E-state index contributed by atoms with van der Waals surface area (Å²) in [6.07, 6.45) is 0.753. The number of Topliss-reactive ketones (excluding diaryl/α,β-unsaturated/α-hetero) is 1. The molecule has 2 atom stereocenters. The fraction of sp³-hybridized carbons (Fsp3) is 0.290. The molecular weight excluding hydrogens is 466 g/mol. The minimum Gasteiger partial charge on any atom is -0.507 e. The van der Waals surface area contributed by atoms with Crippen LogP contribution < -0.4 is 14.4 Å². The zero-order valence-corrected chi connectivity index (χ0v) is 21.7. The van der Waals surface area contributed by atoms with Crippen LogP contribution in [0.25, 0.3) is 5.76 Å². The van der Waals surface area contributed by atoms with Gasteiger partial charge in [0.05, 0.1) is 18.7 Å². The molecule has 190 valence electrons. The summed E-state index contributed by atoms with van der Waals surface area (Å²) < 4.78 is 11.4. The molecular formula is C31H31NO5. The Morgan fingerprint density at radius 2 is 1.73 bits per heavy atom. The predicted molar refractivity (Wildman–Crippen MR) is 143 cm³/mol. The van der Waals surface area contributed by atoms with Crippen LogP contribution in [0.4, 0.5) is 5.69 Å². The first-order chi connectivity index (χ1) is 17.6. The largest absolute Gasteiger partial charge is 0.507 e.